The molecular formula is C16H15ClN4OS. The topological polar surface area (TPSA) is 80.9 Å². The highest BCUT2D eigenvalue weighted by Crippen LogP contribution is 2.21. The maximum absolute atomic E-state index is 12.4. The molecule has 0 saturated heterocycles. The first kappa shape index (κ1) is 15.9. The summed E-state index contributed by atoms with van der Waals surface area (Å²) in [6.07, 6.45) is 0.573. The van der Waals surface area contributed by atoms with Gasteiger partial charge in [-0.05, 0) is 53.8 Å². The molecule has 3 aromatic rings. The van der Waals surface area contributed by atoms with Gasteiger partial charge in [-0.25, -0.2) is 0 Å². The van der Waals surface area contributed by atoms with Crippen LogP contribution in [0.15, 0.2) is 42.5 Å². The van der Waals surface area contributed by atoms with Crippen LogP contribution in [0.3, 0.4) is 0 Å². The number of nitrogens with two attached hydrogens (primary N) is 1. The number of halogens is 1. The molecule has 0 fully saturated rings. The molecular weight excluding hydrogens is 332 g/mol. The van der Waals surface area contributed by atoms with Gasteiger partial charge in [0.1, 0.15) is 5.52 Å². The van der Waals surface area contributed by atoms with E-state index in [2.05, 4.69) is 14.9 Å². The van der Waals surface area contributed by atoms with Crippen LogP contribution in [0.4, 0.5) is 5.69 Å². The Morgan fingerprint density at radius 1 is 1.26 bits per heavy atom. The number of carbonyl (C=O) groups is 1. The SMILES string of the molecule is NCC(Cc1ccc(Cl)cc1)C(=O)Nc1ccc2nnsc2c1. The Hall–Kier alpha value is -2.02. The highest BCUT2D eigenvalue weighted by Gasteiger charge is 2.18. The van der Waals surface area contributed by atoms with Crippen LogP contribution >= 0.6 is 23.1 Å². The number of fused-ring (bicyclic) bond motifs is 1. The number of nitrogens with zero attached hydrogens (tertiary/aromatic N) is 2. The fraction of sp³-hybridized carbons (Fsp3) is 0.188. The lowest BCUT2D eigenvalue weighted by molar-refractivity contribution is -0.119. The first-order valence-electron chi connectivity index (χ1n) is 7.13. The monoisotopic (exact) mass is 346 g/mol. The van der Waals surface area contributed by atoms with E-state index in [1.807, 2.05) is 42.5 Å². The van der Waals surface area contributed by atoms with Crippen molar-refractivity contribution in [1.29, 1.82) is 0 Å². The lowest BCUT2D eigenvalue weighted by Gasteiger charge is -2.15. The van der Waals surface area contributed by atoms with Crippen molar-refractivity contribution in [3.8, 4) is 0 Å². The second kappa shape index (κ2) is 7.04. The molecule has 1 amide bonds. The van der Waals surface area contributed by atoms with E-state index in [1.165, 1.54) is 11.5 Å². The number of benzene rings is 2. The van der Waals surface area contributed by atoms with Crippen molar-refractivity contribution in [3.63, 3.8) is 0 Å². The summed E-state index contributed by atoms with van der Waals surface area (Å²) in [6, 6.07) is 13.0. The number of anilines is 1. The number of aromatic nitrogens is 2. The maximum atomic E-state index is 12.4. The van der Waals surface area contributed by atoms with Gasteiger partial charge in [-0.1, -0.05) is 28.2 Å². The highest BCUT2D eigenvalue weighted by atomic mass is 35.5. The van der Waals surface area contributed by atoms with Crippen LogP contribution in [-0.4, -0.2) is 22.0 Å². The summed E-state index contributed by atoms with van der Waals surface area (Å²) in [5, 5.41) is 7.57. The molecule has 0 bridgehead atoms. The molecule has 23 heavy (non-hydrogen) atoms. The van der Waals surface area contributed by atoms with E-state index in [-0.39, 0.29) is 18.4 Å². The summed E-state index contributed by atoms with van der Waals surface area (Å²) in [6.45, 7) is 0.277. The fourth-order valence-corrected chi connectivity index (χ4v) is 3.01. The molecule has 3 rings (SSSR count). The van der Waals surface area contributed by atoms with Crippen molar-refractivity contribution in [1.82, 2.24) is 9.59 Å². The third-order valence-corrected chi connectivity index (χ3v) is 4.50. The molecule has 2 aromatic carbocycles. The van der Waals surface area contributed by atoms with Gasteiger partial charge in [0.15, 0.2) is 0 Å². The largest absolute Gasteiger partial charge is 0.330 e. The maximum Gasteiger partial charge on any atom is 0.229 e. The van der Waals surface area contributed by atoms with E-state index in [0.29, 0.717) is 11.4 Å². The molecule has 7 heteroatoms. The third-order valence-electron chi connectivity index (χ3n) is 3.57. The minimum atomic E-state index is -0.300. The molecule has 0 aliphatic rings. The average Bonchev–Trinajstić information content (AvgIpc) is 3.02. The number of rotatable bonds is 5. The zero-order chi connectivity index (χ0) is 16.2. The Labute approximate surface area is 142 Å². The summed E-state index contributed by atoms with van der Waals surface area (Å²) in [5.74, 6) is -0.397. The van der Waals surface area contributed by atoms with E-state index in [0.717, 1.165) is 21.5 Å². The van der Waals surface area contributed by atoms with Crippen molar-refractivity contribution >= 4 is 44.9 Å². The molecule has 1 heterocycles. The fourth-order valence-electron chi connectivity index (χ4n) is 2.29. The zero-order valence-electron chi connectivity index (χ0n) is 12.2. The molecule has 5 nitrogen and oxygen atoms in total. The molecule has 118 valence electrons. The van der Waals surface area contributed by atoms with E-state index >= 15 is 0 Å². The van der Waals surface area contributed by atoms with Crippen molar-refractivity contribution in [2.45, 2.75) is 6.42 Å². The molecule has 0 saturated carbocycles. The number of nitrogens with one attached hydrogen (secondary N) is 1. The number of hydrogen-bond acceptors (Lipinski definition) is 5. The first-order chi connectivity index (χ1) is 11.2. The van der Waals surface area contributed by atoms with Crippen LogP contribution in [0.1, 0.15) is 5.56 Å². The molecule has 0 spiro atoms. The highest BCUT2D eigenvalue weighted by molar-refractivity contribution is 7.12. The summed E-state index contributed by atoms with van der Waals surface area (Å²) in [7, 11) is 0. The van der Waals surface area contributed by atoms with Gasteiger partial charge in [0, 0.05) is 17.3 Å². The number of amides is 1. The van der Waals surface area contributed by atoms with Crippen LogP contribution in [-0.2, 0) is 11.2 Å². The molecule has 1 atom stereocenters. The molecule has 1 aromatic heterocycles. The second-order valence-electron chi connectivity index (χ2n) is 5.21. The van der Waals surface area contributed by atoms with Crippen LogP contribution < -0.4 is 11.1 Å². The molecule has 0 aliphatic carbocycles. The lowest BCUT2D eigenvalue weighted by Crippen LogP contribution is -2.30. The van der Waals surface area contributed by atoms with Crippen LogP contribution in [0.25, 0.3) is 10.2 Å². The van der Waals surface area contributed by atoms with E-state index < -0.39 is 0 Å². The van der Waals surface area contributed by atoms with E-state index in [9.17, 15) is 4.79 Å². The minimum Gasteiger partial charge on any atom is -0.330 e. The normalized spacial score (nSPS) is 12.3. The predicted molar refractivity (Wildman–Crippen MR) is 93.7 cm³/mol. The van der Waals surface area contributed by atoms with Gasteiger partial charge in [0.2, 0.25) is 5.91 Å². The first-order valence-corrected chi connectivity index (χ1v) is 8.28. The van der Waals surface area contributed by atoms with Gasteiger partial charge < -0.3 is 11.1 Å². The smallest absolute Gasteiger partial charge is 0.229 e. The van der Waals surface area contributed by atoms with Crippen LogP contribution in [0.5, 0.6) is 0 Å². The zero-order valence-corrected chi connectivity index (χ0v) is 13.8. The summed E-state index contributed by atoms with van der Waals surface area (Å²) in [4.78, 5) is 12.4. The Morgan fingerprint density at radius 3 is 2.78 bits per heavy atom. The summed E-state index contributed by atoms with van der Waals surface area (Å²) in [5.41, 5.74) is 8.35. The Balaban J connectivity index is 1.70. The quantitative estimate of drug-likeness (QED) is 0.743. The van der Waals surface area contributed by atoms with Crippen molar-refractivity contribution in [3.05, 3.63) is 53.1 Å². The predicted octanol–water partition coefficient (Wildman–Crippen LogP) is 3.10. The number of hydrogen-bond donors (Lipinski definition) is 2. The van der Waals surface area contributed by atoms with Gasteiger partial charge >= 0.3 is 0 Å². The molecule has 1 unspecified atom stereocenters. The third kappa shape index (κ3) is 3.85. The van der Waals surface area contributed by atoms with Crippen LogP contribution in [0, 0.1) is 5.92 Å². The van der Waals surface area contributed by atoms with Gasteiger partial charge in [-0.15, -0.1) is 5.10 Å². The minimum absolute atomic E-state index is 0.0979. The Kier molecular flexibility index (Phi) is 4.85. The molecule has 3 N–H and O–H groups in total. The Bertz CT molecular complexity index is 818. The summed E-state index contributed by atoms with van der Waals surface area (Å²) < 4.78 is 4.82. The van der Waals surface area contributed by atoms with Gasteiger partial charge in [0.25, 0.3) is 0 Å². The Morgan fingerprint density at radius 2 is 2.04 bits per heavy atom. The molecule has 0 radical (unpaired) electrons. The van der Waals surface area contributed by atoms with Crippen molar-refractivity contribution in [2.75, 3.05) is 11.9 Å². The van der Waals surface area contributed by atoms with Gasteiger partial charge in [-0.2, -0.15) is 0 Å². The number of carbonyl (C=O) groups excluding carboxylic acids is 1. The van der Waals surface area contributed by atoms with E-state index in [1.54, 1.807) is 0 Å². The molecule has 0 aliphatic heterocycles. The lowest BCUT2D eigenvalue weighted by atomic mass is 9.98. The van der Waals surface area contributed by atoms with E-state index in [4.69, 9.17) is 17.3 Å². The van der Waals surface area contributed by atoms with Gasteiger partial charge in [0.05, 0.1) is 10.6 Å². The van der Waals surface area contributed by atoms with Crippen molar-refractivity contribution < 1.29 is 4.79 Å². The van der Waals surface area contributed by atoms with Crippen molar-refractivity contribution in [2.24, 2.45) is 11.7 Å². The van der Waals surface area contributed by atoms with Crippen LogP contribution in [0.2, 0.25) is 5.02 Å². The standard InChI is InChI=1S/C16H15ClN4OS/c17-12-3-1-10(2-4-12)7-11(9-18)16(22)19-13-5-6-14-15(8-13)23-21-20-14/h1-6,8,11H,7,9,18H2,(H,19,22). The summed E-state index contributed by atoms with van der Waals surface area (Å²) >= 11 is 7.17. The second-order valence-corrected chi connectivity index (χ2v) is 6.43. The average molecular weight is 347 g/mol. The van der Waals surface area contributed by atoms with Gasteiger partial charge in [-0.3, -0.25) is 4.79 Å².